The van der Waals surface area contributed by atoms with Crippen LogP contribution < -0.4 is 11.1 Å². The summed E-state index contributed by atoms with van der Waals surface area (Å²) < 4.78 is 19.4. The smallest absolute Gasteiger partial charge is 0.202 e. The van der Waals surface area contributed by atoms with E-state index in [1.807, 2.05) is 0 Å². The van der Waals surface area contributed by atoms with Gasteiger partial charge in [-0.25, -0.2) is 9.37 Å². The Bertz CT molecular complexity index is 905. The van der Waals surface area contributed by atoms with Crippen LogP contribution in [0.3, 0.4) is 0 Å². The van der Waals surface area contributed by atoms with Gasteiger partial charge in [-0.05, 0) is 42.8 Å². The lowest BCUT2D eigenvalue weighted by molar-refractivity contribution is 0.0965. The number of halogens is 1. The number of nitrogens with zero attached hydrogens (tertiary/aromatic N) is 1. The molecule has 0 saturated carbocycles. The molecule has 3 aromatic rings. The second-order valence-electron chi connectivity index (χ2n) is 5.73. The lowest BCUT2D eigenvalue weighted by atomic mass is 10.0. The molecular formula is C19H18FN3O2. The van der Waals surface area contributed by atoms with Crippen LogP contribution >= 0.6 is 0 Å². The van der Waals surface area contributed by atoms with Gasteiger partial charge in [-0.3, -0.25) is 4.79 Å². The van der Waals surface area contributed by atoms with Crippen molar-refractivity contribution in [3.63, 3.8) is 0 Å². The predicted octanol–water partition coefficient (Wildman–Crippen LogP) is 3.74. The Morgan fingerprint density at radius 3 is 2.84 bits per heavy atom. The average molecular weight is 339 g/mol. The van der Waals surface area contributed by atoms with Crippen molar-refractivity contribution in [3.05, 3.63) is 77.1 Å². The Morgan fingerprint density at radius 2 is 2.12 bits per heavy atom. The molecule has 0 radical (unpaired) electrons. The molecule has 0 saturated heterocycles. The van der Waals surface area contributed by atoms with Crippen molar-refractivity contribution < 1.29 is 13.6 Å². The molecule has 3 N–H and O–H groups in total. The third kappa shape index (κ3) is 4.03. The van der Waals surface area contributed by atoms with Crippen molar-refractivity contribution in [3.8, 4) is 0 Å². The minimum Gasteiger partial charge on any atom is -0.458 e. The van der Waals surface area contributed by atoms with Crippen LogP contribution in [0.5, 0.6) is 0 Å². The van der Waals surface area contributed by atoms with Gasteiger partial charge in [0.05, 0.1) is 5.69 Å². The van der Waals surface area contributed by atoms with Gasteiger partial charge in [0.15, 0.2) is 5.76 Å². The monoisotopic (exact) mass is 339 g/mol. The fourth-order valence-corrected chi connectivity index (χ4v) is 2.49. The van der Waals surface area contributed by atoms with E-state index in [-0.39, 0.29) is 24.6 Å². The van der Waals surface area contributed by atoms with E-state index >= 15 is 0 Å². The van der Waals surface area contributed by atoms with Gasteiger partial charge in [-0.15, -0.1) is 0 Å². The second kappa shape index (κ2) is 7.17. The number of nitrogen functional groups attached to an aromatic ring is 1. The molecule has 0 aliphatic carbocycles. The van der Waals surface area contributed by atoms with Crippen LogP contribution in [0.15, 0.2) is 53.1 Å². The number of carbonyl (C=O) groups excluding carboxylic acids is 1. The summed E-state index contributed by atoms with van der Waals surface area (Å²) in [5.74, 6) is 0.851. The van der Waals surface area contributed by atoms with E-state index in [0.29, 0.717) is 28.6 Å². The zero-order chi connectivity index (χ0) is 17.8. The van der Waals surface area contributed by atoms with Crippen LogP contribution in [0, 0.1) is 12.7 Å². The highest BCUT2D eigenvalue weighted by atomic mass is 19.1. The Kier molecular flexibility index (Phi) is 4.79. The summed E-state index contributed by atoms with van der Waals surface area (Å²) >= 11 is 0. The van der Waals surface area contributed by atoms with Crippen molar-refractivity contribution in [2.24, 2.45) is 0 Å². The number of aromatic nitrogens is 1. The Hall–Kier alpha value is -3.15. The maximum atomic E-state index is 14.0. The van der Waals surface area contributed by atoms with Crippen LogP contribution in [-0.4, -0.2) is 10.8 Å². The Labute approximate surface area is 144 Å². The molecule has 128 valence electrons. The number of carbonyl (C=O) groups is 1. The summed E-state index contributed by atoms with van der Waals surface area (Å²) in [4.78, 5) is 16.2. The second-order valence-corrected chi connectivity index (χ2v) is 5.73. The number of nitrogens with one attached hydrogen (secondary N) is 1. The molecular weight excluding hydrogens is 321 g/mol. The third-order valence-corrected chi connectivity index (χ3v) is 3.80. The number of nitrogens with two attached hydrogens (primary N) is 1. The van der Waals surface area contributed by atoms with Crippen molar-refractivity contribution in [2.75, 3.05) is 11.1 Å². The molecule has 0 aliphatic rings. The van der Waals surface area contributed by atoms with Crippen LogP contribution in [0.1, 0.15) is 27.4 Å². The Balaban J connectivity index is 1.72. The first-order valence-electron chi connectivity index (χ1n) is 7.84. The lowest BCUT2D eigenvalue weighted by Crippen LogP contribution is -2.07. The highest BCUT2D eigenvalue weighted by Gasteiger charge is 2.13. The van der Waals surface area contributed by atoms with Gasteiger partial charge in [0.1, 0.15) is 17.4 Å². The number of hydrogen-bond acceptors (Lipinski definition) is 5. The van der Waals surface area contributed by atoms with Crippen molar-refractivity contribution in [2.45, 2.75) is 19.9 Å². The summed E-state index contributed by atoms with van der Waals surface area (Å²) in [6.45, 7) is 2.02. The van der Waals surface area contributed by atoms with Gasteiger partial charge in [0.2, 0.25) is 5.78 Å². The first-order valence-corrected chi connectivity index (χ1v) is 7.84. The van der Waals surface area contributed by atoms with Gasteiger partial charge in [-0.1, -0.05) is 12.1 Å². The number of ketones is 1. The van der Waals surface area contributed by atoms with Gasteiger partial charge in [-0.2, -0.15) is 0 Å². The van der Waals surface area contributed by atoms with E-state index in [0.717, 1.165) is 5.56 Å². The number of rotatable bonds is 6. The molecule has 5 nitrogen and oxygen atoms in total. The van der Waals surface area contributed by atoms with E-state index in [4.69, 9.17) is 10.2 Å². The maximum Gasteiger partial charge on any atom is 0.202 e. The first kappa shape index (κ1) is 16.7. The molecule has 3 rings (SSSR count). The van der Waals surface area contributed by atoms with Gasteiger partial charge in [0.25, 0.3) is 0 Å². The highest BCUT2D eigenvalue weighted by molar-refractivity contribution is 5.95. The first-order chi connectivity index (χ1) is 12.0. The summed E-state index contributed by atoms with van der Waals surface area (Å²) in [5.41, 5.74) is 7.56. The summed E-state index contributed by atoms with van der Waals surface area (Å²) in [6, 6.07) is 11.5. The quantitative estimate of drug-likeness (QED) is 0.669. The van der Waals surface area contributed by atoms with Gasteiger partial charge in [0, 0.05) is 24.7 Å². The number of hydrogen-bond donors (Lipinski definition) is 2. The van der Waals surface area contributed by atoms with Crippen LogP contribution in [-0.2, 0) is 13.0 Å². The zero-order valence-corrected chi connectivity index (χ0v) is 13.8. The molecule has 0 fully saturated rings. The minimum absolute atomic E-state index is 0.143. The number of furan rings is 1. The van der Waals surface area contributed by atoms with Crippen LogP contribution in [0.25, 0.3) is 0 Å². The number of Topliss-reactive ketones (excluding diaryl/α,β-unsaturated/α-hetero) is 1. The minimum atomic E-state index is -0.347. The zero-order valence-electron chi connectivity index (χ0n) is 13.8. The maximum absolute atomic E-state index is 14.0. The van der Waals surface area contributed by atoms with Crippen LogP contribution in [0.2, 0.25) is 0 Å². The predicted molar refractivity (Wildman–Crippen MR) is 93.9 cm³/mol. The van der Waals surface area contributed by atoms with Crippen molar-refractivity contribution in [1.82, 2.24) is 4.98 Å². The van der Waals surface area contributed by atoms with Crippen molar-refractivity contribution >= 4 is 17.3 Å². The number of benzene rings is 1. The lowest BCUT2D eigenvalue weighted by Gasteiger charge is -2.10. The summed E-state index contributed by atoms with van der Waals surface area (Å²) in [5, 5.41) is 3.05. The molecule has 25 heavy (non-hydrogen) atoms. The van der Waals surface area contributed by atoms with Gasteiger partial charge < -0.3 is 15.5 Å². The average Bonchev–Trinajstić information content (AvgIpc) is 3.03. The molecule has 2 heterocycles. The largest absolute Gasteiger partial charge is 0.458 e. The molecule has 6 heteroatoms. The highest BCUT2D eigenvalue weighted by Crippen LogP contribution is 2.18. The molecule has 0 unspecified atom stereocenters. The summed E-state index contributed by atoms with van der Waals surface area (Å²) in [6.07, 6.45) is 1.74. The molecule has 2 aromatic heterocycles. The number of aryl methyl sites for hydroxylation is 1. The molecule has 0 amide bonds. The molecule has 0 bridgehead atoms. The van der Waals surface area contributed by atoms with Crippen LogP contribution in [0.4, 0.5) is 15.9 Å². The van der Waals surface area contributed by atoms with Crippen molar-refractivity contribution in [1.29, 1.82) is 0 Å². The molecule has 0 atom stereocenters. The number of anilines is 2. The fourth-order valence-electron chi connectivity index (χ4n) is 2.49. The standard InChI is InChI=1S/C19H18FN3O2/c1-12-4-7-18(25-12)17(24)10-13-5-6-15(20)14(9-13)11-23-16-3-2-8-22-19(16)21/h2-9,23H,10-11H2,1H3,(H2,21,22). The molecule has 0 spiro atoms. The third-order valence-electron chi connectivity index (χ3n) is 3.80. The SMILES string of the molecule is Cc1ccc(C(=O)Cc2ccc(F)c(CNc3cccnc3N)c2)o1. The van der Waals surface area contributed by atoms with E-state index in [1.165, 1.54) is 6.07 Å². The number of pyridine rings is 1. The van der Waals surface area contributed by atoms with E-state index in [9.17, 15) is 9.18 Å². The molecule has 0 aliphatic heterocycles. The van der Waals surface area contributed by atoms with Gasteiger partial charge >= 0.3 is 0 Å². The normalized spacial score (nSPS) is 10.6. The fraction of sp³-hybridized carbons (Fsp3) is 0.158. The Morgan fingerprint density at radius 1 is 1.28 bits per heavy atom. The van der Waals surface area contributed by atoms with E-state index in [2.05, 4.69) is 10.3 Å². The topological polar surface area (TPSA) is 81.2 Å². The molecule has 1 aromatic carbocycles. The van der Waals surface area contributed by atoms with E-state index < -0.39 is 0 Å². The summed E-state index contributed by atoms with van der Waals surface area (Å²) in [7, 11) is 0. The van der Waals surface area contributed by atoms with E-state index in [1.54, 1.807) is 49.5 Å².